The third-order valence-electron chi connectivity index (χ3n) is 2.69. The molecule has 3 rings (SSSR count). The summed E-state index contributed by atoms with van der Waals surface area (Å²) in [5, 5.41) is 5.14. The molecule has 0 amide bonds. The Labute approximate surface area is 103 Å². The summed E-state index contributed by atoms with van der Waals surface area (Å²) in [5.41, 5.74) is 2.39. The Morgan fingerprint density at radius 2 is 2.22 bits per heavy atom. The van der Waals surface area contributed by atoms with Gasteiger partial charge in [0, 0.05) is 29.5 Å². The third kappa shape index (κ3) is 1.86. The van der Waals surface area contributed by atoms with Crippen molar-refractivity contribution in [1.29, 1.82) is 0 Å². The molecule has 18 heavy (non-hydrogen) atoms. The van der Waals surface area contributed by atoms with Crippen LogP contribution in [-0.2, 0) is 6.54 Å². The summed E-state index contributed by atoms with van der Waals surface area (Å²) >= 11 is 0. The van der Waals surface area contributed by atoms with Gasteiger partial charge in [0.05, 0.1) is 12.7 Å². The molecule has 3 aromatic heterocycles. The zero-order valence-corrected chi connectivity index (χ0v) is 9.52. The van der Waals surface area contributed by atoms with Crippen LogP contribution in [0.3, 0.4) is 0 Å². The van der Waals surface area contributed by atoms with E-state index < -0.39 is 0 Å². The van der Waals surface area contributed by atoms with E-state index in [1.165, 1.54) is 0 Å². The summed E-state index contributed by atoms with van der Waals surface area (Å²) in [4.78, 5) is 19.0. The van der Waals surface area contributed by atoms with E-state index in [-0.39, 0.29) is 0 Å². The van der Waals surface area contributed by atoms with E-state index in [1.54, 1.807) is 35.5 Å². The highest BCUT2D eigenvalue weighted by Gasteiger charge is 2.05. The second kappa shape index (κ2) is 4.37. The van der Waals surface area contributed by atoms with E-state index in [0.717, 1.165) is 22.9 Å². The van der Waals surface area contributed by atoms with Crippen LogP contribution in [0.15, 0.2) is 43.0 Å². The first kappa shape index (κ1) is 10.6. The molecular weight excluding hydrogens is 228 g/mol. The molecule has 88 valence electrons. The summed E-state index contributed by atoms with van der Waals surface area (Å²) in [6.45, 7) is 0.616. The van der Waals surface area contributed by atoms with Gasteiger partial charge in [-0.1, -0.05) is 6.07 Å². The van der Waals surface area contributed by atoms with Crippen molar-refractivity contribution < 1.29 is 4.79 Å². The minimum atomic E-state index is 0.559. The lowest BCUT2D eigenvalue weighted by molar-refractivity contribution is 0.112. The molecule has 0 aliphatic rings. The molecule has 0 fully saturated rings. The molecule has 3 aromatic rings. The van der Waals surface area contributed by atoms with Crippen LogP contribution < -0.4 is 0 Å². The quantitative estimate of drug-likeness (QED) is 0.651. The van der Waals surface area contributed by atoms with E-state index in [0.29, 0.717) is 12.1 Å². The molecule has 5 heteroatoms. The lowest BCUT2D eigenvalue weighted by Gasteiger charge is -2.02. The highest BCUT2D eigenvalue weighted by atomic mass is 16.1. The number of carbonyl (C=O) groups is 1. The zero-order valence-electron chi connectivity index (χ0n) is 9.52. The van der Waals surface area contributed by atoms with Crippen LogP contribution in [0, 0.1) is 0 Å². The standard InChI is InChI=1S/C13H10N4O/c18-9-11-4-12-7-16-17(13(12)15-6-11)8-10-2-1-3-14-5-10/h1-7,9H,8H2. The molecule has 0 N–H and O–H groups in total. The molecule has 0 spiro atoms. The summed E-state index contributed by atoms with van der Waals surface area (Å²) in [6, 6.07) is 5.65. The Kier molecular flexibility index (Phi) is 2.57. The number of rotatable bonds is 3. The summed E-state index contributed by atoms with van der Waals surface area (Å²) in [5.74, 6) is 0. The van der Waals surface area contributed by atoms with E-state index in [4.69, 9.17) is 0 Å². The molecule has 0 saturated carbocycles. The van der Waals surface area contributed by atoms with E-state index in [2.05, 4.69) is 15.1 Å². The number of pyridine rings is 2. The van der Waals surface area contributed by atoms with Gasteiger partial charge in [-0.3, -0.25) is 9.78 Å². The van der Waals surface area contributed by atoms with Gasteiger partial charge in [-0.2, -0.15) is 5.10 Å². The van der Waals surface area contributed by atoms with Crippen LogP contribution in [0.1, 0.15) is 15.9 Å². The minimum Gasteiger partial charge on any atom is -0.298 e. The van der Waals surface area contributed by atoms with Gasteiger partial charge in [0.2, 0.25) is 0 Å². The maximum Gasteiger partial charge on any atom is 0.158 e. The van der Waals surface area contributed by atoms with E-state index in [9.17, 15) is 4.79 Å². The van der Waals surface area contributed by atoms with E-state index in [1.807, 2.05) is 12.1 Å². The molecular formula is C13H10N4O. The summed E-state index contributed by atoms with van der Waals surface area (Å²) in [7, 11) is 0. The number of aldehydes is 1. The van der Waals surface area contributed by atoms with Crippen molar-refractivity contribution in [3.05, 3.63) is 54.1 Å². The number of nitrogens with zero attached hydrogens (tertiary/aromatic N) is 4. The van der Waals surface area contributed by atoms with Gasteiger partial charge in [0.1, 0.15) is 0 Å². The fraction of sp³-hybridized carbons (Fsp3) is 0.0769. The van der Waals surface area contributed by atoms with Crippen molar-refractivity contribution in [2.75, 3.05) is 0 Å². The Morgan fingerprint density at radius 3 is 3.00 bits per heavy atom. The SMILES string of the molecule is O=Cc1cnc2c(cnn2Cc2cccnc2)c1. The van der Waals surface area contributed by atoms with Gasteiger partial charge in [-0.25, -0.2) is 9.67 Å². The fourth-order valence-corrected chi connectivity index (χ4v) is 1.83. The largest absolute Gasteiger partial charge is 0.298 e. The van der Waals surface area contributed by atoms with Crippen molar-refractivity contribution in [1.82, 2.24) is 19.7 Å². The van der Waals surface area contributed by atoms with Gasteiger partial charge in [-0.15, -0.1) is 0 Å². The summed E-state index contributed by atoms with van der Waals surface area (Å²) in [6.07, 6.45) is 7.58. The van der Waals surface area contributed by atoms with Crippen molar-refractivity contribution in [3.63, 3.8) is 0 Å². The van der Waals surface area contributed by atoms with Gasteiger partial charge in [0.15, 0.2) is 11.9 Å². The second-order valence-corrected chi connectivity index (χ2v) is 3.96. The predicted molar refractivity (Wildman–Crippen MR) is 66.3 cm³/mol. The topological polar surface area (TPSA) is 60.7 Å². The first-order valence-electron chi connectivity index (χ1n) is 5.52. The molecule has 0 aromatic carbocycles. The zero-order chi connectivity index (χ0) is 12.4. The van der Waals surface area contributed by atoms with Crippen molar-refractivity contribution in [3.8, 4) is 0 Å². The first-order chi connectivity index (χ1) is 8.86. The second-order valence-electron chi connectivity index (χ2n) is 3.96. The number of aromatic nitrogens is 4. The van der Waals surface area contributed by atoms with Crippen LogP contribution in [0.25, 0.3) is 11.0 Å². The Hall–Kier alpha value is -2.56. The normalized spacial score (nSPS) is 10.7. The third-order valence-corrected chi connectivity index (χ3v) is 2.69. The predicted octanol–water partition coefficient (Wildman–Crippen LogP) is 1.69. The molecule has 0 saturated heterocycles. The van der Waals surface area contributed by atoms with Crippen molar-refractivity contribution in [2.45, 2.75) is 6.54 Å². The van der Waals surface area contributed by atoms with Crippen LogP contribution >= 0.6 is 0 Å². The van der Waals surface area contributed by atoms with Crippen LogP contribution in [0.4, 0.5) is 0 Å². The molecule has 5 nitrogen and oxygen atoms in total. The number of fused-ring (bicyclic) bond motifs is 1. The Morgan fingerprint density at radius 1 is 1.28 bits per heavy atom. The Bertz CT molecular complexity index is 691. The van der Waals surface area contributed by atoms with Gasteiger partial charge in [-0.05, 0) is 17.7 Å². The molecule has 3 heterocycles. The Balaban J connectivity index is 2.00. The summed E-state index contributed by atoms with van der Waals surface area (Å²) < 4.78 is 1.79. The molecule has 0 atom stereocenters. The molecule has 0 radical (unpaired) electrons. The lowest BCUT2D eigenvalue weighted by atomic mass is 10.2. The van der Waals surface area contributed by atoms with Crippen LogP contribution in [-0.4, -0.2) is 26.0 Å². The highest BCUT2D eigenvalue weighted by Crippen LogP contribution is 2.13. The van der Waals surface area contributed by atoms with Crippen LogP contribution in [0.2, 0.25) is 0 Å². The van der Waals surface area contributed by atoms with Gasteiger partial charge >= 0.3 is 0 Å². The number of hydrogen-bond acceptors (Lipinski definition) is 4. The van der Waals surface area contributed by atoms with Gasteiger partial charge < -0.3 is 0 Å². The average molecular weight is 238 g/mol. The molecule has 0 unspecified atom stereocenters. The van der Waals surface area contributed by atoms with Crippen molar-refractivity contribution >= 4 is 17.3 Å². The maximum absolute atomic E-state index is 10.7. The molecule has 0 aliphatic heterocycles. The van der Waals surface area contributed by atoms with E-state index >= 15 is 0 Å². The first-order valence-corrected chi connectivity index (χ1v) is 5.52. The maximum atomic E-state index is 10.7. The fourth-order valence-electron chi connectivity index (χ4n) is 1.83. The number of carbonyl (C=O) groups excluding carboxylic acids is 1. The minimum absolute atomic E-state index is 0.559. The molecule has 0 aliphatic carbocycles. The van der Waals surface area contributed by atoms with Crippen molar-refractivity contribution in [2.24, 2.45) is 0 Å². The number of hydrogen-bond donors (Lipinski definition) is 0. The average Bonchev–Trinajstić information content (AvgIpc) is 2.82. The van der Waals surface area contributed by atoms with Gasteiger partial charge in [0.25, 0.3) is 0 Å². The molecule has 0 bridgehead atoms. The highest BCUT2D eigenvalue weighted by molar-refractivity contribution is 5.83. The monoisotopic (exact) mass is 238 g/mol. The van der Waals surface area contributed by atoms with Crippen LogP contribution in [0.5, 0.6) is 0 Å². The smallest absolute Gasteiger partial charge is 0.158 e. The lowest BCUT2D eigenvalue weighted by Crippen LogP contribution is -2.02.